The number of methoxy groups -OCH3 is 2. The van der Waals surface area contributed by atoms with E-state index >= 15 is 0 Å². The monoisotopic (exact) mass is 320 g/mol. The minimum Gasteiger partial charge on any atom is -0.493 e. The third kappa shape index (κ3) is 3.36. The van der Waals surface area contributed by atoms with E-state index in [1.54, 1.807) is 31.0 Å². The number of aliphatic carboxylic acids is 1. The molecule has 2 aromatic rings. The van der Waals surface area contributed by atoms with E-state index in [1.807, 2.05) is 0 Å². The summed E-state index contributed by atoms with van der Waals surface area (Å²) in [7, 11) is 4.80. The zero-order valence-corrected chi connectivity index (χ0v) is 13.5. The van der Waals surface area contributed by atoms with Gasteiger partial charge in [0.1, 0.15) is 5.82 Å². The summed E-state index contributed by atoms with van der Waals surface area (Å²) in [5.74, 6) is 0.292. The molecule has 0 bridgehead atoms. The van der Waals surface area contributed by atoms with Crippen molar-refractivity contribution in [1.29, 1.82) is 0 Å². The lowest BCUT2D eigenvalue weighted by molar-refractivity contribution is -0.140. The molecule has 23 heavy (non-hydrogen) atoms. The van der Waals surface area contributed by atoms with Crippen LogP contribution in [0.25, 0.3) is 10.9 Å². The van der Waals surface area contributed by atoms with Gasteiger partial charge in [-0.25, -0.2) is 4.98 Å². The maximum absolute atomic E-state index is 11.0. The number of benzene rings is 1. The topological polar surface area (TPSA) is 111 Å². The summed E-state index contributed by atoms with van der Waals surface area (Å²) in [5.41, 5.74) is 6.61. The van der Waals surface area contributed by atoms with E-state index in [0.29, 0.717) is 34.2 Å². The Bertz CT molecular complexity index is 735. The van der Waals surface area contributed by atoms with Crippen molar-refractivity contribution >= 4 is 28.6 Å². The number of carbonyl (C=O) groups is 1. The molecule has 1 atom stereocenters. The van der Waals surface area contributed by atoms with Crippen molar-refractivity contribution < 1.29 is 19.4 Å². The molecule has 0 spiro atoms. The lowest BCUT2D eigenvalue weighted by atomic mass is 10.2. The number of nitrogens with zero attached hydrogens (tertiary/aromatic N) is 3. The Morgan fingerprint density at radius 3 is 2.48 bits per heavy atom. The first kappa shape index (κ1) is 16.6. The molecule has 0 saturated heterocycles. The molecule has 0 radical (unpaired) electrons. The van der Waals surface area contributed by atoms with Gasteiger partial charge in [-0.1, -0.05) is 6.92 Å². The molecular formula is C15H20N4O4. The Morgan fingerprint density at radius 1 is 1.30 bits per heavy atom. The molecular weight excluding hydrogens is 300 g/mol. The smallest absolute Gasteiger partial charge is 0.308 e. The molecule has 0 aliphatic rings. The Kier molecular flexibility index (Phi) is 4.73. The van der Waals surface area contributed by atoms with Crippen LogP contribution >= 0.6 is 0 Å². The number of ether oxygens (including phenoxy) is 2. The van der Waals surface area contributed by atoms with Gasteiger partial charge in [0.25, 0.3) is 0 Å². The zero-order chi connectivity index (χ0) is 17.1. The van der Waals surface area contributed by atoms with E-state index < -0.39 is 11.9 Å². The molecule has 8 nitrogen and oxygen atoms in total. The summed E-state index contributed by atoms with van der Waals surface area (Å²) in [6.07, 6.45) is 0. The first-order valence-corrected chi connectivity index (χ1v) is 7.00. The van der Waals surface area contributed by atoms with Crippen LogP contribution in [0.4, 0.5) is 11.8 Å². The predicted molar refractivity (Wildman–Crippen MR) is 87.1 cm³/mol. The summed E-state index contributed by atoms with van der Waals surface area (Å²) in [5, 5.41) is 9.65. The van der Waals surface area contributed by atoms with Crippen LogP contribution in [0.15, 0.2) is 12.1 Å². The number of fused-ring (bicyclic) bond motifs is 1. The van der Waals surface area contributed by atoms with E-state index in [2.05, 4.69) is 9.97 Å². The maximum Gasteiger partial charge on any atom is 0.308 e. The molecule has 0 amide bonds. The number of carboxylic acids is 1. The Labute approximate surface area is 133 Å². The molecule has 3 N–H and O–H groups in total. The lowest BCUT2D eigenvalue weighted by Gasteiger charge is -2.20. The van der Waals surface area contributed by atoms with Gasteiger partial charge in [-0.15, -0.1) is 0 Å². The molecule has 1 aromatic carbocycles. The number of nitrogens with two attached hydrogens (primary N) is 1. The van der Waals surface area contributed by atoms with Crippen LogP contribution in [0.3, 0.4) is 0 Å². The molecule has 2 rings (SSSR count). The molecule has 0 aliphatic carbocycles. The number of aromatic nitrogens is 2. The first-order chi connectivity index (χ1) is 10.9. The van der Waals surface area contributed by atoms with Crippen LogP contribution in [0.2, 0.25) is 0 Å². The number of rotatable bonds is 6. The predicted octanol–water partition coefficient (Wildman–Crippen LogP) is 1.39. The number of hydrogen-bond donors (Lipinski definition) is 2. The minimum absolute atomic E-state index is 0.271. The van der Waals surface area contributed by atoms with Gasteiger partial charge >= 0.3 is 5.97 Å². The van der Waals surface area contributed by atoms with E-state index in [-0.39, 0.29) is 6.54 Å². The first-order valence-electron chi connectivity index (χ1n) is 7.00. The van der Waals surface area contributed by atoms with Gasteiger partial charge in [-0.2, -0.15) is 4.98 Å². The number of nitrogen functional groups attached to an aromatic ring is 1. The Hall–Kier alpha value is -2.77. The summed E-state index contributed by atoms with van der Waals surface area (Å²) in [6.45, 7) is 1.89. The molecule has 1 heterocycles. The van der Waals surface area contributed by atoms with Crippen molar-refractivity contribution in [3.63, 3.8) is 0 Å². The number of anilines is 2. The Morgan fingerprint density at radius 2 is 1.91 bits per heavy atom. The standard InChI is InChI=1S/C15H20N4O4/c1-8(14(20)21)7-19(2)15-17-10-6-12(23-4)11(22-3)5-9(10)13(16)18-15/h5-6,8H,7H2,1-4H3,(H,20,21)(H2,16,17,18). The van der Waals surface area contributed by atoms with Gasteiger partial charge in [-0.05, 0) is 6.07 Å². The van der Waals surface area contributed by atoms with E-state index in [4.69, 9.17) is 20.3 Å². The second-order valence-corrected chi connectivity index (χ2v) is 5.25. The average Bonchev–Trinajstić information content (AvgIpc) is 2.53. The van der Waals surface area contributed by atoms with E-state index in [0.717, 1.165) is 0 Å². The van der Waals surface area contributed by atoms with Crippen molar-refractivity contribution in [2.75, 3.05) is 38.4 Å². The fourth-order valence-corrected chi connectivity index (χ4v) is 2.21. The van der Waals surface area contributed by atoms with Gasteiger partial charge in [-0.3, -0.25) is 4.79 Å². The normalized spacial score (nSPS) is 12.0. The third-order valence-electron chi connectivity index (χ3n) is 3.53. The fourth-order valence-electron chi connectivity index (χ4n) is 2.21. The van der Waals surface area contributed by atoms with Gasteiger partial charge in [0, 0.05) is 25.0 Å². The number of carboxylic acid groups (broad SMARTS) is 1. The molecule has 0 aliphatic heterocycles. The highest BCUT2D eigenvalue weighted by atomic mass is 16.5. The molecule has 0 saturated carbocycles. The highest BCUT2D eigenvalue weighted by molar-refractivity contribution is 5.91. The second-order valence-electron chi connectivity index (χ2n) is 5.25. The lowest BCUT2D eigenvalue weighted by Crippen LogP contribution is -2.29. The van der Waals surface area contributed by atoms with Crippen molar-refractivity contribution in [3.05, 3.63) is 12.1 Å². The highest BCUT2D eigenvalue weighted by Gasteiger charge is 2.17. The van der Waals surface area contributed by atoms with E-state index in [1.165, 1.54) is 14.2 Å². The zero-order valence-electron chi connectivity index (χ0n) is 13.5. The molecule has 124 valence electrons. The van der Waals surface area contributed by atoms with Crippen molar-refractivity contribution in [1.82, 2.24) is 9.97 Å². The summed E-state index contributed by atoms with van der Waals surface area (Å²) in [6, 6.07) is 3.43. The summed E-state index contributed by atoms with van der Waals surface area (Å²) < 4.78 is 10.5. The Balaban J connectivity index is 2.45. The minimum atomic E-state index is -0.878. The number of hydrogen-bond acceptors (Lipinski definition) is 7. The highest BCUT2D eigenvalue weighted by Crippen LogP contribution is 2.33. The van der Waals surface area contributed by atoms with Crippen LogP contribution in [0, 0.1) is 5.92 Å². The van der Waals surface area contributed by atoms with Gasteiger partial charge < -0.3 is 25.2 Å². The van der Waals surface area contributed by atoms with Gasteiger partial charge in [0.2, 0.25) is 5.95 Å². The maximum atomic E-state index is 11.0. The SMILES string of the molecule is COc1cc2nc(N(C)CC(C)C(=O)O)nc(N)c2cc1OC. The van der Waals surface area contributed by atoms with Crippen LogP contribution < -0.4 is 20.1 Å². The quantitative estimate of drug-likeness (QED) is 0.821. The van der Waals surface area contributed by atoms with Crippen LogP contribution in [-0.4, -0.2) is 48.9 Å². The van der Waals surface area contributed by atoms with E-state index in [9.17, 15) is 4.79 Å². The van der Waals surface area contributed by atoms with Crippen LogP contribution in [0.1, 0.15) is 6.92 Å². The summed E-state index contributed by atoms with van der Waals surface area (Å²) >= 11 is 0. The van der Waals surface area contributed by atoms with Crippen molar-refractivity contribution in [2.24, 2.45) is 5.92 Å². The summed E-state index contributed by atoms with van der Waals surface area (Å²) in [4.78, 5) is 21.3. The molecule has 0 fully saturated rings. The van der Waals surface area contributed by atoms with Crippen molar-refractivity contribution in [2.45, 2.75) is 6.92 Å². The third-order valence-corrected chi connectivity index (χ3v) is 3.53. The average molecular weight is 320 g/mol. The molecule has 1 aromatic heterocycles. The van der Waals surface area contributed by atoms with Gasteiger partial charge in [0.05, 0.1) is 25.7 Å². The van der Waals surface area contributed by atoms with Crippen LogP contribution in [0.5, 0.6) is 11.5 Å². The fraction of sp³-hybridized carbons (Fsp3) is 0.400. The van der Waals surface area contributed by atoms with Crippen LogP contribution in [-0.2, 0) is 4.79 Å². The van der Waals surface area contributed by atoms with Crippen molar-refractivity contribution in [3.8, 4) is 11.5 Å². The molecule has 1 unspecified atom stereocenters. The second kappa shape index (κ2) is 6.55. The molecule has 8 heteroatoms. The largest absolute Gasteiger partial charge is 0.493 e. The van der Waals surface area contributed by atoms with Gasteiger partial charge in [0.15, 0.2) is 11.5 Å².